The highest BCUT2D eigenvalue weighted by Crippen LogP contribution is 2.31. The van der Waals surface area contributed by atoms with Crippen molar-refractivity contribution < 1.29 is 9.18 Å². The largest absolute Gasteiger partial charge is 0.334 e. The van der Waals surface area contributed by atoms with Gasteiger partial charge in [0, 0.05) is 37.8 Å². The van der Waals surface area contributed by atoms with Crippen LogP contribution in [0.1, 0.15) is 60.1 Å². The van der Waals surface area contributed by atoms with E-state index in [4.69, 9.17) is 4.98 Å². The van der Waals surface area contributed by atoms with Gasteiger partial charge in [-0.1, -0.05) is 12.1 Å². The van der Waals surface area contributed by atoms with Gasteiger partial charge in [0.15, 0.2) is 0 Å². The monoisotopic (exact) mass is 421 g/mol. The summed E-state index contributed by atoms with van der Waals surface area (Å²) in [6.07, 6.45) is 7.08. The van der Waals surface area contributed by atoms with Gasteiger partial charge in [-0.3, -0.25) is 19.4 Å². The van der Waals surface area contributed by atoms with Crippen LogP contribution in [-0.4, -0.2) is 37.1 Å². The first kappa shape index (κ1) is 21.2. The van der Waals surface area contributed by atoms with Crippen molar-refractivity contribution in [3.05, 3.63) is 76.9 Å². The van der Waals surface area contributed by atoms with Crippen LogP contribution in [0.2, 0.25) is 0 Å². The summed E-state index contributed by atoms with van der Waals surface area (Å²) in [5.41, 5.74) is 4.58. The molecule has 0 unspecified atom stereocenters. The van der Waals surface area contributed by atoms with E-state index in [1.807, 2.05) is 35.6 Å². The normalized spacial score (nSPS) is 16.1. The molecule has 0 saturated carbocycles. The summed E-state index contributed by atoms with van der Waals surface area (Å²) in [4.78, 5) is 24.0. The third-order valence-electron chi connectivity index (χ3n) is 5.76. The number of carbonyl (C=O) groups excluding carboxylic acids is 1. The van der Waals surface area contributed by atoms with Crippen molar-refractivity contribution in [1.29, 1.82) is 0 Å². The number of hydrogen-bond acceptors (Lipinski definition) is 4. The molecule has 1 amide bonds. The van der Waals surface area contributed by atoms with Gasteiger partial charge in [0.05, 0.1) is 29.3 Å². The Kier molecular flexibility index (Phi) is 6.39. The van der Waals surface area contributed by atoms with Gasteiger partial charge in [0.2, 0.25) is 5.91 Å². The molecule has 1 aliphatic heterocycles. The highest BCUT2D eigenvalue weighted by molar-refractivity contribution is 5.76. The SMILES string of the molecule is Cc1cc(C)n(CCCC(=O)N2CCC[C@H]2c2cncc(Cc3cccc(F)c3)n2)n1. The van der Waals surface area contributed by atoms with Crippen molar-refractivity contribution in [2.24, 2.45) is 0 Å². The number of carbonyl (C=O) groups is 1. The Bertz CT molecular complexity index is 1060. The molecule has 0 aliphatic carbocycles. The van der Waals surface area contributed by atoms with E-state index in [1.165, 1.54) is 12.1 Å². The van der Waals surface area contributed by atoms with Crippen LogP contribution in [0.5, 0.6) is 0 Å². The van der Waals surface area contributed by atoms with Crippen LogP contribution in [0, 0.1) is 19.7 Å². The molecular formula is C24H28FN5O. The molecule has 162 valence electrons. The van der Waals surface area contributed by atoms with Gasteiger partial charge in [-0.25, -0.2) is 4.39 Å². The first-order valence-corrected chi connectivity index (χ1v) is 10.9. The molecule has 0 radical (unpaired) electrons. The van der Waals surface area contributed by atoms with Gasteiger partial charge < -0.3 is 4.90 Å². The average Bonchev–Trinajstić information content (AvgIpc) is 3.34. The van der Waals surface area contributed by atoms with Crippen LogP contribution in [-0.2, 0) is 17.8 Å². The fourth-order valence-corrected chi connectivity index (χ4v) is 4.32. The van der Waals surface area contributed by atoms with Gasteiger partial charge >= 0.3 is 0 Å². The minimum absolute atomic E-state index is 0.0406. The van der Waals surface area contributed by atoms with Crippen molar-refractivity contribution >= 4 is 5.91 Å². The molecule has 3 heterocycles. The number of hydrogen-bond donors (Lipinski definition) is 0. The second kappa shape index (κ2) is 9.37. The Morgan fingerprint density at radius 1 is 1.23 bits per heavy atom. The van der Waals surface area contributed by atoms with E-state index in [0.29, 0.717) is 12.8 Å². The molecule has 4 rings (SSSR count). The lowest BCUT2D eigenvalue weighted by atomic mass is 10.1. The molecule has 1 atom stereocenters. The number of likely N-dealkylation sites (tertiary alicyclic amines) is 1. The average molecular weight is 422 g/mol. The van der Waals surface area contributed by atoms with Crippen molar-refractivity contribution in [3.8, 4) is 0 Å². The Hall–Kier alpha value is -3.09. The third kappa shape index (κ3) is 5.16. The zero-order chi connectivity index (χ0) is 21.8. The summed E-state index contributed by atoms with van der Waals surface area (Å²) in [6.45, 7) is 5.51. The Balaban J connectivity index is 1.39. The van der Waals surface area contributed by atoms with Gasteiger partial charge in [0.25, 0.3) is 0 Å². The summed E-state index contributed by atoms with van der Waals surface area (Å²) in [5, 5.41) is 4.47. The second-order valence-electron chi connectivity index (χ2n) is 8.24. The van der Waals surface area contributed by atoms with E-state index in [1.54, 1.807) is 18.5 Å². The smallest absolute Gasteiger partial charge is 0.223 e. The van der Waals surface area contributed by atoms with E-state index in [2.05, 4.69) is 10.1 Å². The minimum Gasteiger partial charge on any atom is -0.334 e. The maximum atomic E-state index is 13.5. The topological polar surface area (TPSA) is 63.9 Å². The van der Waals surface area contributed by atoms with Crippen LogP contribution in [0.3, 0.4) is 0 Å². The van der Waals surface area contributed by atoms with E-state index in [9.17, 15) is 9.18 Å². The van der Waals surface area contributed by atoms with E-state index < -0.39 is 0 Å². The van der Waals surface area contributed by atoms with Gasteiger partial charge in [-0.15, -0.1) is 0 Å². The molecule has 1 aromatic carbocycles. The van der Waals surface area contributed by atoms with Gasteiger partial charge in [-0.2, -0.15) is 5.10 Å². The number of amides is 1. The van der Waals surface area contributed by atoms with Gasteiger partial charge in [-0.05, 0) is 56.9 Å². The summed E-state index contributed by atoms with van der Waals surface area (Å²) in [5.74, 6) is -0.101. The standard InChI is InChI=1S/C24H28FN5O/c1-17-12-18(2)30(28-17)11-5-9-24(31)29-10-4-8-23(29)22-16-26-15-21(27-22)14-19-6-3-7-20(25)13-19/h3,6-7,12-13,15-16,23H,4-5,8-11,14H2,1-2H3/t23-/m0/s1. The number of benzene rings is 1. The Morgan fingerprint density at radius 3 is 2.87 bits per heavy atom. The fourth-order valence-electron chi connectivity index (χ4n) is 4.32. The molecule has 31 heavy (non-hydrogen) atoms. The molecular weight excluding hydrogens is 393 g/mol. The number of halogens is 1. The number of nitrogens with zero attached hydrogens (tertiary/aromatic N) is 5. The highest BCUT2D eigenvalue weighted by Gasteiger charge is 2.30. The molecule has 3 aromatic rings. The first-order chi connectivity index (χ1) is 15.0. The summed E-state index contributed by atoms with van der Waals surface area (Å²) in [7, 11) is 0. The molecule has 0 bridgehead atoms. The molecule has 2 aromatic heterocycles. The maximum Gasteiger partial charge on any atom is 0.223 e. The second-order valence-corrected chi connectivity index (χ2v) is 8.24. The number of aryl methyl sites for hydroxylation is 3. The molecule has 6 nitrogen and oxygen atoms in total. The zero-order valence-electron chi connectivity index (χ0n) is 18.1. The van der Waals surface area contributed by atoms with Crippen LogP contribution in [0.15, 0.2) is 42.7 Å². The van der Waals surface area contributed by atoms with E-state index in [0.717, 1.165) is 60.7 Å². The maximum absolute atomic E-state index is 13.5. The molecule has 1 saturated heterocycles. The van der Waals surface area contributed by atoms with Gasteiger partial charge in [0.1, 0.15) is 5.82 Å². The summed E-state index contributed by atoms with van der Waals surface area (Å²) >= 11 is 0. The predicted octanol–water partition coefficient (Wildman–Crippen LogP) is 4.16. The predicted molar refractivity (Wildman–Crippen MR) is 116 cm³/mol. The number of rotatable bonds is 7. The van der Waals surface area contributed by atoms with E-state index in [-0.39, 0.29) is 17.8 Å². The lowest BCUT2D eigenvalue weighted by molar-refractivity contribution is -0.132. The first-order valence-electron chi connectivity index (χ1n) is 10.9. The summed E-state index contributed by atoms with van der Waals surface area (Å²) < 4.78 is 15.4. The fraction of sp³-hybridized carbons (Fsp3) is 0.417. The Morgan fingerprint density at radius 2 is 2.10 bits per heavy atom. The Labute approximate surface area is 182 Å². The molecule has 1 aliphatic rings. The lowest BCUT2D eigenvalue weighted by Crippen LogP contribution is -2.31. The van der Waals surface area contributed by atoms with Crippen LogP contribution in [0.25, 0.3) is 0 Å². The molecule has 0 spiro atoms. The summed E-state index contributed by atoms with van der Waals surface area (Å²) in [6, 6.07) is 8.54. The third-order valence-corrected chi connectivity index (χ3v) is 5.76. The molecule has 0 N–H and O–H groups in total. The quantitative estimate of drug-likeness (QED) is 0.575. The van der Waals surface area contributed by atoms with Crippen LogP contribution >= 0.6 is 0 Å². The van der Waals surface area contributed by atoms with Crippen LogP contribution in [0.4, 0.5) is 4.39 Å². The van der Waals surface area contributed by atoms with E-state index >= 15 is 0 Å². The molecule has 1 fully saturated rings. The van der Waals surface area contributed by atoms with Crippen LogP contribution < -0.4 is 0 Å². The lowest BCUT2D eigenvalue weighted by Gasteiger charge is -2.24. The van der Waals surface area contributed by atoms with Crippen molar-refractivity contribution in [2.75, 3.05) is 6.54 Å². The van der Waals surface area contributed by atoms with Crippen molar-refractivity contribution in [1.82, 2.24) is 24.6 Å². The minimum atomic E-state index is -0.255. The molecule has 7 heteroatoms. The number of aromatic nitrogens is 4. The zero-order valence-corrected chi connectivity index (χ0v) is 18.1. The highest BCUT2D eigenvalue weighted by atomic mass is 19.1. The van der Waals surface area contributed by atoms with Crippen molar-refractivity contribution in [2.45, 2.75) is 58.5 Å². The van der Waals surface area contributed by atoms with Crippen molar-refractivity contribution in [3.63, 3.8) is 0 Å².